The van der Waals surface area contributed by atoms with Gasteiger partial charge in [-0.15, -0.1) is 0 Å². The van der Waals surface area contributed by atoms with Gasteiger partial charge in [-0.25, -0.2) is 0 Å². The lowest BCUT2D eigenvalue weighted by Gasteiger charge is -1.99. The fourth-order valence-corrected chi connectivity index (χ4v) is 1.45. The van der Waals surface area contributed by atoms with Gasteiger partial charge >= 0.3 is 0 Å². The molecule has 0 N–H and O–H groups in total. The molecule has 2 heteroatoms. The lowest BCUT2D eigenvalue weighted by atomic mass is 10.1. The van der Waals surface area contributed by atoms with Crippen LogP contribution in [0, 0.1) is 34.6 Å². The summed E-state index contributed by atoms with van der Waals surface area (Å²) >= 11 is 0. The molecule has 0 saturated carbocycles. The number of rotatable bonds is 0. The van der Waals surface area contributed by atoms with Crippen molar-refractivity contribution in [3.63, 3.8) is 0 Å². The molecule has 0 bridgehead atoms. The summed E-state index contributed by atoms with van der Waals surface area (Å²) in [6.45, 7) is 10.2. The van der Waals surface area contributed by atoms with Crippen LogP contribution in [0.3, 0.4) is 0 Å². The second-order valence-corrected chi connectivity index (χ2v) is 4.26. The molecule has 0 unspecified atom stereocenters. The third-order valence-electron chi connectivity index (χ3n) is 2.75. The van der Waals surface area contributed by atoms with Gasteiger partial charge in [0.15, 0.2) is 0 Å². The molecule has 0 atom stereocenters. The van der Waals surface area contributed by atoms with E-state index in [0.717, 1.165) is 17.1 Å². The van der Waals surface area contributed by atoms with E-state index in [-0.39, 0.29) is 0 Å². The molecule has 0 aromatic carbocycles. The van der Waals surface area contributed by atoms with Gasteiger partial charge in [-0.2, -0.15) is 0 Å². The van der Waals surface area contributed by atoms with Gasteiger partial charge < -0.3 is 0 Å². The SMILES string of the molecule is Cc1cccc(C)n1.Cc1ccnc(C)c1C. The lowest BCUT2D eigenvalue weighted by molar-refractivity contribution is 1.12. The molecule has 2 heterocycles. The molecule has 0 aliphatic carbocycles. The lowest BCUT2D eigenvalue weighted by Crippen LogP contribution is -1.87. The summed E-state index contributed by atoms with van der Waals surface area (Å²) in [5, 5.41) is 0. The van der Waals surface area contributed by atoms with Crippen molar-refractivity contribution in [2.75, 3.05) is 0 Å². The van der Waals surface area contributed by atoms with Crippen LogP contribution < -0.4 is 0 Å². The van der Waals surface area contributed by atoms with Gasteiger partial charge in [0.05, 0.1) is 0 Å². The Morgan fingerprint density at radius 3 is 1.76 bits per heavy atom. The molecular weight excluding hydrogens is 208 g/mol. The summed E-state index contributed by atoms with van der Waals surface area (Å²) in [5.74, 6) is 0. The molecule has 90 valence electrons. The molecule has 0 spiro atoms. The van der Waals surface area contributed by atoms with E-state index in [1.165, 1.54) is 11.1 Å². The summed E-state index contributed by atoms with van der Waals surface area (Å²) < 4.78 is 0. The first-order valence-corrected chi connectivity index (χ1v) is 5.80. The minimum Gasteiger partial charge on any atom is -0.261 e. The zero-order valence-corrected chi connectivity index (χ0v) is 11.3. The Balaban J connectivity index is 0.000000171. The third-order valence-corrected chi connectivity index (χ3v) is 2.75. The predicted octanol–water partition coefficient (Wildman–Crippen LogP) is 3.71. The standard InChI is InChI=1S/C8H11N.C7H9N/c1-6-4-5-9-8(3)7(6)2;1-6-4-3-5-7(2)8-6/h4-5H,1-3H3;3-5H,1-2H3. The van der Waals surface area contributed by atoms with Crippen molar-refractivity contribution in [3.8, 4) is 0 Å². The van der Waals surface area contributed by atoms with Crippen molar-refractivity contribution in [1.29, 1.82) is 0 Å². The molecule has 0 fully saturated rings. The fourth-order valence-electron chi connectivity index (χ4n) is 1.45. The van der Waals surface area contributed by atoms with Gasteiger partial charge in [-0.3, -0.25) is 9.97 Å². The van der Waals surface area contributed by atoms with Crippen LogP contribution in [0.4, 0.5) is 0 Å². The summed E-state index contributed by atoms with van der Waals surface area (Å²) in [4.78, 5) is 8.31. The van der Waals surface area contributed by atoms with Crippen molar-refractivity contribution in [2.45, 2.75) is 34.6 Å². The highest BCUT2D eigenvalue weighted by Gasteiger charge is 1.93. The van der Waals surface area contributed by atoms with Crippen LogP contribution in [0.2, 0.25) is 0 Å². The van der Waals surface area contributed by atoms with Crippen molar-refractivity contribution in [2.24, 2.45) is 0 Å². The molecule has 0 amide bonds. The highest BCUT2D eigenvalue weighted by atomic mass is 14.7. The Kier molecular flexibility index (Phi) is 4.83. The number of aryl methyl sites for hydroxylation is 4. The Morgan fingerprint density at radius 1 is 0.824 bits per heavy atom. The van der Waals surface area contributed by atoms with Crippen LogP contribution in [0.15, 0.2) is 30.5 Å². The van der Waals surface area contributed by atoms with Crippen LogP contribution in [0.25, 0.3) is 0 Å². The van der Waals surface area contributed by atoms with Crippen LogP contribution in [0.1, 0.15) is 28.2 Å². The molecule has 0 aliphatic heterocycles. The maximum Gasteiger partial charge on any atom is 0.0404 e. The normalized spacial score (nSPS) is 9.47. The highest BCUT2D eigenvalue weighted by Crippen LogP contribution is 2.06. The Morgan fingerprint density at radius 2 is 1.41 bits per heavy atom. The van der Waals surface area contributed by atoms with Gasteiger partial charge in [-0.1, -0.05) is 6.07 Å². The molecule has 0 aliphatic rings. The van der Waals surface area contributed by atoms with E-state index in [0.29, 0.717) is 0 Å². The maximum atomic E-state index is 4.17. The van der Waals surface area contributed by atoms with Gasteiger partial charge in [0.1, 0.15) is 0 Å². The highest BCUT2D eigenvalue weighted by molar-refractivity contribution is 5.25. The fraction of sp³-hybridized carbons (Fsp3) is 0.333. The van der Waals surface area contributed by atoms with E-state index < -0.39 is 0 Å². The summed E-state index contributed by atoms with van der Waals surface area (Å²) in [6, 6.07) is 8.03. The van der Waals surface area contributed by atoms with Gasteiger partial charge in [0.25, 0.3) is 0 Å². The minimum atomic E-state index is 1.09. The average molecular weight is 228 g/mol. The van der Waals surface area contributed by atoms with Crippen LogP contribution in [-0.4, -0.2) is 9.97 Å². The first kappa shape index (κ1) is 13.4. The van der Waals surface area contributed by atoms with Crippen LogP contribution in [0.5, 0.6) is 0 Å². The van der Waals surface area contributed by atoms with E-state index in [1.807, 2.05) is 51.2 Å². The molecule has 2 aromatic rings. The van der Waals surface area contributed by atoms with E-state index in [2.05, 4.69) is 23.8 Å². The predicted molar refractivity (Wildman–Crippen MR) is 72.2 cm³/mol. The van der Waals surface area contributed by atoms with Crippen LogP contribution >= 0.6 is 0 Å². The molecule has 2 aromatic heterocycles. The second-order valence-electron chi connectivity index (χ2n) is 4.26. The third kappa shape index (κ3) is 4.35. The zero-order chi connectivity index (χ0) is 12.8. The Hall–Kier alpha value is -1.70. The topological polar surface area (TPSA) is 25.8 Å². The van der Waals surface area contributed by atoms with Crippen molar-refractivity contribution in [1.82, 2.24) is 9.97 Å². The van der Waals surface area contributed by atoms with E-state index >= 15 is 0 Å². The first-order chi connectivity index (χ1) is 8.00. The first-order valence-electron chi connectivity index (χ1n) is 5.80. The summed E-state index contributed by atoms with van der Waals surface area (Å²) in [7, 11) is 0. The largest absolute Gasteiger partial charge is 0.261 e. The van der Waals surface area contributed by atoms with Crippen molar-refractivity contribution < 1.29 is 0 Å². The number of hydrogen-bond acceptors (Lipinski definition) is 2. The van der Waals surface area contributed by atoms with Gasteiger partial charge in [0.2, 0.25) is 0 Å². The smallest absolute Gasteiger partial charge is 0.0404 e. The number of hydrogen-bond donors (Lipinski definition) is 0. The van der Waals surface area contributed by atoms with Gasteiger partial charge in [0, 0.05) is 23.3 Å². The number of aromatic nitrogens is 2. The monoisotopic (exact) mass is 228 g/mol. The molecule has 2 nitrogen and oxygen atoms in total. The molecule has 0 radical (unpaired) electrons. The van der Waals surface area contributed by atoms with Gasteiger partial charge in [-0.05, 0) is 63.9 Å². The molecule has 17 heavy (non-hydrogen) atoms. The number of pyridine rings is 2. The minimum absolute atomic E-state index is 1.09. The summed E-state index contributed by atoms with van der Waals surface area (Å²) in [5.41, 5.74) is 5.94. The average Bonchev–Trinajstić information content (AvgIpc) is 2.26. The van der Waals surface area contributed by atoms with E-state index in [4.69, 9.17) is 0 Å². The van der Waals surface area contributed by atoms with Crippen molar-refractivity contribution in [3.05, 3.63) is 58.7 Å². The van der Waals surface area contributed by atoms with Crippen LogP contribution in [-0.2, 0) is 0 Å². The number of nitrogens with zero attached hydrogens (tertiary/aromatic N) is 2. The quantitative estimate of drug-likeness (QED) is 0.687. The van der Waals surface area contributed by atoms with E-state index in [1.54, 1.807) is 0 Å². The van der Waals surface area contributed by atoms with Crippen molar-refractivity contribution >= 4 is 0 Å². The van der Waals surface area contributed by atoms with E-state index in [9.17, 15) is 0 Å². The zero-order valence-electron chi connectivity index (χ0n) is 11.3. The molecule has 0 saturated heterocycles. The second kappa shape index (κ2) is 6.14. The maximum absolute atomic E-state index is 4.17. The summed E-state index contributed by atoms with van der Waals surface area (Å²) in [6.07, 6.45) is 1.84. The molecule has 2 rings (SSSR count). The Bertz CT molecular complexity index is 453. The Labute approximate surface area is 104 Å². The molecular formula is C15H20N2.